The molecule has 0 aromatic heterocycles. The summed E-state index contributed by atoms with van der Waals surface area (Å²) in [5.74, 6) is 1.65. The Bertz CT molecular complexity index is 411. The van der Waals surface area contributed by atoms with E-state index in [0.29, 0.717) is 26.4 Å². The molecule has 4 nitrogen and oxygen atoms in total. The summed E-state index contributed by atoms with van der Waals surface area (Å²) in [4.78, 5) is 0. The molecule has 0 radical (unpaired) electrons. The molecule has 1 aromatic rings. The summed E-state index contributed by atoms with van der Waals surface area (Å²) in [5.41, 5.74) is 1.04. The zero-order valence-electron chi connectivity index (χ0n) is 13.3. The molecule has 0 aliphatic heterocycles. The lowest BCUT2D eigenvalue weighted by Gasteiger charge is -2.19. The molecule has 0 unspecified atom stereocenters. The van der Waals surface area contributed by atoms with Crippen molar-refractivity contribution in [3.63, 3.8) is 0 Å². The minimum atomic E-state index is -0.344. The fourth-order valence-electron chi connectivity index (χ4n) is 1.94. The Labute approximate surface area is 127 Å². The van der Waals surface area contributed by atoms with E-state index in [0.717, 1.165) is 23.5 Å². The Balaban J connectivity index is 2.73. The van der Waals surface area contributed by atoms with Crippen LogP contribution in [0.2, 0.25) is 0 Å². The third kappa shape index (κ3) is 6.19. The van der Waals surface area contributed by atoms with Crippen LogP contribution >= 0.6 is 0 Å². The van der Waals surface area contributed by atoms with Crippen LogP contribution in [-0.2, 0) is 15.9 Å². The third-order valence-corrected chi connectivity index (χ3v) is 2.79. The van der Waals surface area contributed by atoms with E-state index in [1.165, 1.54) is 0 Å². The van der Waals surface area contributed by atoms with E-state index in [1.54, 1.807) is 0 Å². The number of ether oxygens (including phenoxy) is 4. The van der Waals surface area contributed by atoms with Crippen molar-refractivity contribution in [2.45, 2.75) is 33.5 Å². The Morgan fingerprint density at radius 3 is 2.33 bits per heavy atom. The van der Waals surface area contributed by atoms with Gasteiger partial charge in [-0.25, -0.2) is 0 Å². The van der Waals surface area contributed by atoms with Gasteiger partial charge in [0.05, 0.1) is 6.61 Å². The van der Waals surface area contributed by atoms with Crippen molar-refractivity contribution >= 4 is 0 Å². The smallest absolute Gasteiger partial charge is 0.191 e. The first-order valence-electron chi connectivity index (χ1n) is 7.47. The van der Waals surface area contributed by atoms with Crippen LogP contribution in [0.1, 0.15) is 26.3 Å². The Kier molecular flexibility index (Phi) is 8.55. The van der Waals surface area contributed by atoms with Crippen molar-refractivity contribution in [2.24, 2.45) is 0 Å². The molecule has 0 atom stereocenters. The quantitative estimate of drug-likeness (QED) is 0.461. The zero-order valence-corrected chi connectivity index (χ0v) is 13.3. The lowest BCUT2D eigenvalue weighted by atomic mass is 10.1. The first-order valence-corrected chi connectivity index (χ1v) is 7.47. The van der Waals surface area contributed by atoms with Crippen LogP contribution in [0.15, 0.2) is 30.9 Å². The van der Waals surface area contributed by atoms with Gasteiger partial charge in [0.15, 0.2) is 6.29 Å². The van der Waals surface area contributed by atoms with E-state index in [-0.39, 0.29) is 6.29 Å². The van der Waals surface area contributed by atoms with Gasteiger partial charge in [0.1, 0.15) is 18.1 Å². The first-order chi connectivity index (χ1) is 10.2. The average molecular weight is 294 g/mol. The highest BCUT2D eigenvalue weighted by molar-refractivity contribution is 5.41. The van der Waals surface area contributed by atoms with Crippen LogP contribution in [-0.4, -0.2) is 32.7 Å². The monoisotopic (exact) mass is 294 g/mol. The van der Waals surface area contributed by atoms with Crippen LogP contribution < -0.4 is 9.47 Å². The molecular formula is C17H26O4. The van der Waals surface area contributed by atoms with E-state index >= 15 is 0 Å². The summed E-state index contributed by atoms with van der Waals surface area (Å²) in [6, 6.07) is 5.80. The first kappa shape index (κ1) is 17.5. The highest BCUT2D eigenvalue weighted by atomic mass is 16.7. The second kappa shape index (κ2) is 10.2. The van der Waals surface area contributed by atoms with Crippen LogP contribution in [0.25, 0.3) is 0 Å². The van der Waals surface area contributed by atoms with Gasteiger partial charge in [0.2, 0.25) is 0 Å². The van der Waals surface area contributed by atoms with Crippen molar-refractivity contribution in [2.75, 3.05) is 26.4 Å². The topological polar surface area (TPSA) is 36.9 Å². The Hall–Kier alpha value is -1.52. The van der Waals surface area contributed by atoms with Crippen LogP contribution in [0.5, 0.6) is 11.5 Å². The van der Waals surface area contributed by atoms with E-state index in [4.69, 9.17) is 18.9 Å². The van der Waals surface area contributed by atoms with Gasteiger partial charge >= 0.3 is 0 Å². The predicted molar refractivity (Wildman–Crippen MR) is 84.0 cm³/mol. The summed E-state index contributed by atoms with van der Waals surface area (Å²) in [6.07, 6.45) is 2.23. The lowest BCUT2D eigenvalue weighted by Crippen LogP contribution is -2.25. The van der Waals surface area contributed by atoms with Crippen LogP contribution in [0.4, 0.5) is 0 Å². The van der Waals surface area contributed by atoms with Crippen molar-refractivity contribution in [1.29, 1.82) is 0 Å². The van der Waals surface area contributed by atoms with Gasteiger partial charge in [0.25, 0.3) is 0 Å². The molecule has 0 saturated carbocycles. The largest absolute Gasteiger partial charge is 0.494 e. The molecule has 0 N–H and O–H groups in total. The van der Waals surface area contributed by atoms with Crippen molar-refractivity contribution < 1.29 is 18.9 Å². The van der Waals surface area contributed by atoms with Gasteiger partial charge in [-0.3, -0.25) is 0 Å². The zero-order chi connectivity index (χ0) is 15.5. The van der Waals surface area contributed by atoms with Crippen LogP contribution in [0, 0.1) is 0 Å². The molecule has 0 heterocycles. The normalized spacial score (nSPS) is 10.7. The van der Waals surface area contributed by atoms with Gasteiger partial charge in [0, 0.05) is 18.8 Å². The Morgan fingerprint density at radius 1 is 1.05 bits per heavy atom. The summed E-state index contributed by atoms with van der Waals surface area (Å²) in [6.45, 7) is 11.8. The van der Waals surface area contributed by atoms with Crippen LogP contribution in [0.3, 0.4) is 0 Å². The van der Waals surface area contributed by atoms with E-state index in [9.17, 15) is 0 Å². The molecule has 0 fully saturated rings. The maximum absolute atomic E-state index is 5.84. The molecule has 1 aromatic carbocycles. The number of hydrogen-bond donors (Lipinski definition) is 0. The molecule has 4 heteroatoms. The third-order valence-electron chi connectivity index (χ3n) is 2.79. The molecule has 0 amide bonds. The molecule has 0 bridgehead atoms. The predicted octanol–water partition coefficient (Wildman–Crippen LogP) is 3.59. The summed E-state index contributed by atoms with van der Waals surface area (Å²) in [7, 11) is 0. The summed E-state index contributed by atoms with van der Waals surface area (Å²) in [5, 5.41) is 0. The van der Waals surface area contributed by atoms with Crippen molar-refractivity contribution in [3.05, 3.63) is 36.4 Å². The molecule has 0 aliphatic carbocycles. The molecular weight excluding hydrogens is 268 g/mol. The number of rotatable bonds is 11. The van der Waals surface area contributed by atoms with E-state index in [1.807, 2.05) is 45.0 Å². The number of hydrogen-bond acceptors (Lipinski definition) is 4. The highest BCUT2D eigenvalue weighted by Gasteiger charge is 2.11. The standard InChI is InChI=1S/C17H26O4/c1-5-9-14-12-15(18-6-2)10-11-16(14)21-13-17(19-7-3)20-8-4/h5,10-12,17H,1,6-9,13H2,2-4H3. The van der Waals surface area contributed by atoms with Gasteiger partial charge in [-0.05, 0) is 45.4 Å². The maximum Gasteiger partial charge on any atom is 0.191 e. The average Bonchev–Trinajstić information content (AvgIpc) is 2.47. The molecule has 0 aliphatic rings. The number of allylic oxidation sites excluding steroid dienone is 1. The Morgan fingerprint density at radius 2 is 1.76 bits per heavy atom. The fraction of sp³-hybridized carbons (Fsp3) is 0.529. The van der Waals surface area contributed by atoms with Gasteiger partial charge < -0.3 is 18.9 Å². The maximum atomic E-state index is 5.84. The fourth-order valence-corrected chi connectivity index (χ4v) is 1.94. The molecule has 21 heavy (non-hydrogen) atoms. The van der Waals surface area contributed by atoms with Crippen molar-refractivity contribution in [3.8, 4) is 11.5 Å². The van der Waals surface area contributed by atoms with E-state index in [2.05, 4.69) is 6.58 Å². The van der Waals surface area contributed by atoms with E-state index < -0.39 is 0 Å². The minimum Gasteiger partial charge on any atom is -0.494 e. The van der Waals surface area contributed by atoms with Crippen molar-refractivity contribution in [1.82, 2.24) is 0 Å². The molecule has 118 valence electrons. The second-order valence-electron chi connectivity index (χ2n) is 4.35. The lowest BCUT2D eigenvalue weighted by molar-refractivity contribution is -0.152. The SMILES string of the molecule is C=CCc1cc(OCC)ccc1OCC(OCC)OCC. The number of benzene rings is 1. The highest BCUT2D eigenvalue weighted by Crippen LogP contribution is 2.25. The molecule has 0 saturated heterocycles. The summed E-state index contributed by atoms with van der Waals surface area (Å²) < 4.78 is 22.3. The van der Waals surface area contributed by atoms with Gasteiger partial charge in [-0.1, -0.05) is 6.08 Å². The second-order valence-corrected chi connectivity index (χ2v) is 4.35. The van der Waals surface area contributed by atoms with Gasteiger partial charge in [-0.15, -0.1) is 6.58 Å². The van der Waals surface area contributed by atoms with Gasteiger partial charge in [-0.2, -0.15) is 0 Å². The molecule has 1 rings (SSSR count). The minimum absolute atomic E-state index is 0.344. The molecule has 0 spiro atoms. The summed E-state index contributed by atoms with van der Waals surface area (Å²) >= 11 is 0.